The molecule has 1 amide bonds. The van der Waals surface area contributed by atoms with E-state index in [1.54, 1.807) is 14.2 Å². The molecule has 0 aromatic carbocycles. The maximum absolute atomic E-state index is 11.7. The van der Waals surface area contributed by atoms with Crippen LogP contribution in [0.3, 0.4) is 0 Å². The van der Waals surface area contributed by atoms with Crippen LogP contribution in [0.2, 0.25) is 0 Å². The Morgan fingerprint density at radius 3 is 2.68 bits per heavy atom. The summed E-state index contributed by atoms with van der Waals surface area (Å²) in [6, 6.07) is 1.85. The Hall–Kier alpha value is -1.69. The smallest absolute Gasteiger partial charge is 0.227 e. The van der Waals surface area contributed by atoms with Gasteiger partial charge in [0.15, 0.2) is 5.82 Å². The zero-order chi connectivity index (χ0) is 14.5. The number of anilines is 1. The Kier molecular flexibility index (Phi) is 5.23. The largest absolute Gasteiger partial charge is 0.377 e. The van der Waals surface area contributed by atoms with Crippen LogP contribution in [0.1, 0.15) is 25.4 Å². The van der Waals surface area contributed by atoms with Crippen molar-refractivity contribution in [2.75, 3.05) is 26.0 Å². The molecule has 6 heteroatoms. The minimum Gasteiger partial charge on any atom is -0.377 e. The van der Waals surface area contributed by atoms with Crippen molar-refractivity contribution in [1.82, 2.24) is 15.3 Å². The molecule has 0 saturated carbocycles. The van der Waals surface area contributed by atoms with Crippen molar-refractivity contribution in [1.29, 1.82) is 0 Å². The third kappa shape index (κ3) is 4.48. The summed E-state index contributed by atoms with van der Waals surface area (Å²) in [5.41, 5.74) is 0.358. The number of carbonyl (C=O) groups is 1. The number of carbonyl (C=O) groups excluding carboxylic acids is 1. The second-order valence-electron chi connectivity index (χ2n) is 5.06. The molecular weight excluding hydrogens is 244 g/mol. The van der Waals surface area contributed by atoms with Crippen molar-refractivity contribution >= 4 is 11.7 Å². The Labute approximate surface area is 114 Å². The van der Waals surface area contributed by atoms with E-state index in [1.807, 2.05) is 26.8 Å². The summed E-state index contributed by atoms with van der Waals surface area (Å²) in [6.45, 7) is 6.52. The van der Waals surface area contributed by atoms with Gasteiger partial charge in [-0.15, -0.1) is 0 Å². The quantitative estimate of drug-likeness (QED) is 0.807. The number of methoxy groups -OCH3 is 1. The Morgan fingerprint density at radius 2 is 2.11 bits per heavy atom. The molecule has 1 aromatic rings. The van der Waals surface area contributed by atoms with Gasteiger partial charge in [0.2, 0.25) is 5.91 Å². The summed E-state index contributed by atoms with van der Waals surface area (Å²) < 4.78 is 5.02. The lowest BCUT2D eigenvalue weighted by Gasteiger charge is -2.23. The Bertz CT molecular complexity index is 446. The first-order valence-electron chi connectivity index (χ1n) is 6.18. The number of ether oxygens (including phenoxy) is 1. The molecule has 0 aliphatic rings. The highest BCUT2D eigenvalue weighted by molar-refractivity contribution is 5.82. The summed E-state index contributed by atoms with van der Waals surface area (Å²) in [6.07, 6.45) is 0. The van der Waals surface area contributed by atoms with Crippen LogP contribution < -0.4 is 10.6 Å². The zero-order valence-corrected chi connectivity index (χ0v) is 12.2. The number of nitrogens with zero attached hydrogens (tertiary/aromatic N) is 2. The molecule has 0 bridgehead atoms. The van der Waals surface area contributed by atoms with E-state index in [4.69, 9.17) is 4.74 Å². The lowest BCUT2D eigenvalue weighted by Crippen LogP contribution is -2.39. The fourth-order valence-electron chi connectivity index (χ4n) is 1.64. The Balaban J connectivity index is 2.74. The lowest BCUT2D eigenvalue weighted by molar-refractivity contribution is -0.128. The molecule has 1 heterocycles. The molecule has 19 heavy (non-hydrogen) atoms. The number of rotatable bonds is 6. The highest BCUT2D eigenvalue weighted by atomic mass is 16.5. The van der Waals surface area contributed by atoms with Gasteiger partial charge in [0.25, 0.3) is 0 Å². The molecule has 0 saturated heterocycles. The minimum atomic E-state index is -0.505. The molecule has 0 fully saturated rings. The first-order chi connectivity index (χ1) is 8.89. The van der Waals surface area contributed by atoms with E-state index in [0.29, 0.717) is 24.8 Å². The van der Waals surface area contributed by atoms with Crippen LogP contribution in [0, 0.1) is 12.3 Å². The molecule has 6 nitrogen and oxygen atoms in total. The molecule has 0 spiro atoms. The van der Waals surface area contributed by atoms with E-state index >= 15 is 0 Å². The van der Waals surface area contributed by atoms with E-state index in [2.05, 4.69) is 20.6 Å². The fraction of sp³-hybridized carbons (Fsp3) is 0.615. The number of hydrogen-bond acceptors (Lipinski definition) is 5. The topological polar surface area (TPSA) is 76.1 Å². The second-order valence-corrected chi connectivity index (χ2v) is 5.06. The van der Waals surface area contributed by atoms with Gasteiger partial charge >= 0.3 is 0 Å². The van der Waals surface area contributed by atoms with Crippen LogP contribution in [0.4, 0.5) is 5.82 Å². The SMILES string of the molecule is CNC(=O)C(C)(C)CNc1cc(C)nc(COC)n1. The second kappa shape index (κ2) is 6.47. The number of nitrogens with one attached hydrogen (secondary N) is 2. The monoisotopic (exact) mass is 266 g/mol. The number of aromatic nitrogens is 2. The van der Waals surface area contributed by atoms with E-state index in [1.165, 1.54) is 0 Å². The van der Waals surface area contributed by atoms with Gasteiger partial charge < -0.3 is 15.4 Å². The molecule has 106 valence electrons. The number of amides is 1. The number of hydrogen-bond donors (Lipinski definition) is 2. The van der Waals surface area contributed by atoms with Crippen molar-refractivity contribution in [2.24, 2.45) is 5.41 Å². The molecule has 0 atom stereocenters. The van der Waals surface area contributed by atoms with Crippen LogP contribution in [-0.2, 0) is 16.1 Å². The van der Waals surface area contributed by atoms with Gasteiger partial charge in [-0.1, -0.05) is 0 Å². The van der Waals surface area contributed by atoms with E-state index in [0.717, 1.165) is 5.69 Å². The third-order valence-electron chi connectivity index (χ3n) is 2.73. The van der Waals surface area contributed by atoms with Crippen molar-refractivity contribution in [3.05, 3.63) is 17.6 Å². The van der Waals surface area contributed by atoms with Gasteiger partial charge in [-0.3, -0.25) is 4.79 Å². The summed E-state index contributed by atoms with van der Waals surface area (Å²) >= 11 is 0. The minimum absolute atomic E-state index is 0.0112. The van der Waals surface area contributed by atoms with E-state index in [-0.39, 0.29) is 5.91 Å². The normalized spacial score (nSPS) is 11.2. The van der Waals surface area contributed by atoms with E-state index in [9.17, 15) is 4.79 Å². The summed E-state index contributed by atoms with van der Waals surface area (Å²) in [5.74, 6) is 1.32. The van der Waals surface area contributed by atoms with Crippen LogP contribution in [0.15, 0.2) is 6.07 Å². The van der Waals surface area contributed by atoms with Crippen molar-refractivity contribution in [3.8, 4) is 0 Å². The molecule has 0 unspecified atom stereocenters. The molecule has 1 aromatic heterocycles. The molecule has 0 radical (unpaired) electrons. The van der Waals surface area contributed by atoms with Crippen LogP contribution in [0.25, 0.3) is 0 Å². The van der Waals surface area contributed by atoms with Gasteiger partial charge in [-0.25, -0.2) is 9.97 Å². The van der Waals surface area contributed by atoms with Crippen LogP contribution in [0.5, 0.6) is 0 Å². The maximum atomic E-state index is 11.7. The summed E-state index contributed by atoms with van der Waals surface area (Å²) in [5, 5.41) is 5.83. The average Bonchev–Trinajstić information content (AvgIpc) is 2.35. The van der Waals surface area contributed by atoms with Gasteiger partial charge in [0.05, 0.1) is 5.41 Å². The first-order valence-corrected chi connectivity index (χ1v) is 6.18. The van der Waals surface area contributed by atoms with Crippen molar-refractivity contribution in [2.45, 2.75) is 27.4 Å². The lowest BCUT2D eigenvalue weighted by atomic mass is 9.92. The Morgan fingerprint density at radius 1 is 1.42 bits per heavy atom. The maximum Gasteiger partial charge on any atom is 0.227 e. The highest BCUT2D eigenvalue weighted by Gasteiger charge is 2.26. The average molecular weight is 266 g/mol. The predicted molar refractivity (Wildman–Crippen MR) is 73.8 cm³/mol. The van der Waals surface area contributed by atoms with Gasteiger partial charge in [-0.05, 0) is 20.8 Å². The van der Waals surface area contributed by atoms with Gasteiger partial charge in [-0.2, -0.15) is 0 Å². The molecule has 0 aliphatic carbocycles. The summed E-state index contributed by atoms with van der Waals surface area (Å²) in [4.78, 5) is 20.3. The standard InChI is InChI=1S/C13H22N4O2/c1-9-6-10(17-11(16-9)7-19-5)15-8-13(2,3)12(18)14-4/h6H,7-8H2,1-5H3,(H,14,18)(H,15,16,17). The molecule has 0 aliphatic heterocycles. The third-order valence-corrected chi connectivity index (χ3v) is 2.73. The first kappa shape index (κ1) is 15.4. The zero-order valence-electron chi connectivity index (χ0n) is 12.2. The van der Waals surface area contributed by atoms with Crippen molar-refractivity contribution < 1.29 is 9.53 Å². The predicted octanol–water partition coefficient (Wildman–Crippen LogP) is 1.12. The van der Waals surface area contributed by atoms with Crippen molar-refractivity contribution in [3.63, 3.8) is 0 Å². The van der Waals surface area contributed by atoms with Gasteiger partial charge in [0, 0.05) is 32.5 Å². The van der Waals surface area contributed by atoms with E-state index < -0.39 is 5.41 Å². The van der Waals surface area contributed by atoms with Crippen LogP contribution >= 0.6 is 0 Å². The van der Waals surface area contributed by atoms with Gasteiger partial charge in [0.1, 0.15) is 12.4 Å². The number of aryl methyl sites for hydroxylation is 1. The fourth-order valence-corrected chi connectivity index (χ4v) is 1.64. The molecular formula is C13H22N4O2. The molecule has 1 rings (SSSR count). The highest BCUT2D eigenvalue weighted by Crippen LogP contribution is 2.16. The van der Waals surface area contributed by atoms with Crippen LogP contribution in [-0.4, -0.2) is 36.6 Å². The summed E-state index contributed by atoms with van der Waals surface area (Å²) in [7, 11) is 3.24. The molecule has 2 N–H and O–H groups in total.